The topological polar surface area (TPSA) is 81.6 Å². The van der Waals surface area contributed by atoms with Crippen molar-refractivity contribution in [3.8, 4) is 6.07 Å². The molecular formula is C21H20N4OS2. The molecule has 0 saturated heterocycles. The average molecular weight is 409 g/mol. The number of carbonyl (C=O) groups excluding carboxylic acids is 1. The second-order valence-electron chi connectivity index (χ2n) is 6.06. The normalized spacial score (nSPS) is 10.4. The third-order valence-corrected chi connectivity index (χ3v) is 5.79. The number of benzene rings is 2. The Bertz CT molecular complexity index is 980. The zero-order chi connectivity index (χ0) is 19.8. The first-order valence-electron chi connectivity index (χ1n) is 8.76. The van der Waals surface area contributed by atoms with Gasteiger partial charge in [0.2, 0.25) is 5.91 Å². The minimum atomic E-state index is -0.103. The van der Waals surface area contributed by atoms with Crippen LogP contribution < -0.4 is 5.32 Å². The number of nitrogens with zero attached hydrogens (tertiary/aromatic N) is 2. The van der Waals surface area contributed by atoms with Crippen molar-refractivity contribution in [1.29, 1.82) is 5.26 Å². The average Bonchev–Trinajstić information content (AvgIpc) is 3.06. The van der Waals surface area contributed by atoms with Gasteiger partial charge in [-0.3, -0.25) is 4.79 Å². The fourth-order valence-corrected chi connectivity index (χ4v) is 4.03. The van der Waals surface area contributed by atoms with Gasteiger partial charge in [0.05, 0.1) is 29.0 Å². The highest BCUT2D eigenvalue weighted by molar-refractivity contribution is 8.00. The van der Waals surface area contributed by atoms with Gasteiger partial charge in [-0.15, -0.1) is 11.8 Å². The van der Waals surface area contributed by atoms with Crippen molar-refractivity contribution >= 4 is 35.1 Å². The molecular weight excluding hydrogens is 388 g/mol. The summed E-state index contributed by atoms with van der Waals surface area (Å²) in [4.78, 5) is 21.1. The monoisotopic (exact) mass is 408 g/mol. The molecule has 0 fully saturated rings. The highest BCUT2D eigenvalue weighted by Crippen LogP contribution is 2.27. The Morgan fingerprint density at radius 1 is 1.14 bits per heavy atom. The maximum Gasteiger partial charge on any atom is 0.234 e. The number of imidazole rings is 1. The lowest BCUT2D eigenvalue weighted by molar-refractivity contribution is -0.113. The number of nitrogens with one attached hydrogen (secondary N) is 2. The Morgan fingerprint density at radius 2 is 1.89 bits per heavy atom. The van der Waals surface area contributed by atoms with E-state index in [1.165, 1.54) is 29.1 Å². The predicted octanol–water partition coefficient (Wildman–Crippen LogP) is 4.66. The quantitative estimate of drug-likeness (QED) is 0.530. The number of nitriles is 1. The molecule has 1 heterocycles. The molecule has 3 rings (SSSR count). The summed E-state index contributed by atoms with van der Waals surface area (Å²) in [6, 6.07) is 19.8. The highest BCUT2D eigenvalue weighted by Gasteiger charge is 2.11. The maximum atomic E-state index is 12.3. The van der Waals surface area contributed by atoms with E-state index in [0.29, 0.717) is 5.75 Å². The van der Waals surface area contributed by atoms with Crippen LogP contribution >= 0.6 is 23.5 Å². The first kappa shape index (κ1) is 20.1. The van der Waals surface area contributed by atoms with Crippen LogP contribution in [-0.4, -0.2) is 27.4 Å². The summed E-state index contributed by atoms with van der Waals surface area (Å²) in [5.74, 6) is 0.501. The molecule has 0 saturated carbocycles. The van der Waals surface area contributed by atoms with Gasteiger partial charge in [0.15, 0.2) is 5.16 Å². The molecule has 5 nitrogen and oxygen atoms in total. The van der Waals surface area contributed by atoms with E-state index in [-0.39, 0.29) is 11.7 Å². The third kappa shape index (κ3) is 5.65. The van der Waals surface area contributed by atoms with Gasteiger partial charge in [0, 0.05) is 17.0 Å². The second-order valence-corrected chi connectivity index (χ2v) is 8.04. The van der Waals surface area contributed by atoms with E-state index in [1.807, 2.05) is 49.4 Å². The number of aromatic nitrogens is 2. The van der Waals surface area contributed by atoms with Crippen molar-refractivity contribution in [2.75, 3.05) is 16.8 Å². The van der Waals surface area contributed by atoms with Gasteiger partial charge < -0.3 is 10.3 Å². The van der Waals surface area contributed by atoms with Gasteiger partial charge in [0.25, 0.3) is 0 Å². The lowest BCUT2D eigenvalue weighted by atomic mass is 10.1. The molecule has 1 amide bonds. The van der Waals surface area contributed by atoms with Gasteiger partial charge in [-0.25, -0.2) is 4.98 Å². The molecule has 3 aromatic rings. The van der Waals surface area contributed by atoms with Gasteiger partial charge in [-0.1, -0.05) is 54.2 Å². The van der Waals surface area contributed by atoms with Crippen molar-refractivity contribution in [2.24, 2.45) is 0 Å². The molecule has 0 aliphatic heterocycles. The fourth-order valence-electron chi connectivity index (χ4n) is 2.62. The molecule has 2 N–H and O–H groups in total. The zero-order valence-electron chi connectivity index (χ0n) is 15.4. The Balaban J connectivity index is 1.57. The number of aryl methyl sites for hydroxylation is 1. The van der Waals surface area contributed by atoms with Gasteiger partial charge >= 0.3 is 0 Å². The van der Waals surface area contributed by atoms with E-state index < -0.39 is 0 Å². The van der Waals surface area contributed by atoms with E-state index in [2.05, 4.69) is 33.5 Å². The first-order valence-corrected chi connectivity index (χ1v) is 10.7. The number of thioether (sulfide) groups is 2. The molecule has 0 aliphatic rings. The molecule has 0 atom stereocenters. The summed E-state index contributed by atoms with van der Waals surface area (Å²) in [6.45, 7) is 2.00. The molecule has 0 unspecified atom stereocenters. The van der Waals surface area contributed by atoms with Crippen molar-refractivity contribution in [3.63, 3.8) is 0 Å². The summed E-state index contributed by atoms with van der Waals surface area (Å²) in [5.41, 5.74) is 3.95. The van der Waals surface area contributed by atoms with Crippen LogP contribution in [0.5, 0.6) is 0 Å². The largest absolute Gasteiger partial charge is 0.337 e. The second kappa shape index (κ2) is 10.0. The summed E-state index contributed by atoms with van der Waals surface area (Å²) in [7, 11) is 0. The number of rotatable bonds is 8. The number of para-hydroxylation sites is 1. The number of hydrogen-bond acceptors (Lipinski definition) is 5. The number of anilines is 1. The van der Waals surface area contributed by atoms with Crippen LogP contribution in [0.3, 0.4) is 0 Å². The van der Waals surface area contributed by atoms with E-state index in [1.54, 1.807) is 0 Å². The van der Waals surface area contributed by atoms with Crippen molar-refractivity contribution in [2.45, 2.75) is 23.4 Å². The molecule has 2 aromatic carbocycles. The van der Waals surface area contributed by atoms with E-state index in [0.717, 1.165) is 33.5 Å². The SMILES string of the molecule is Cc1[nH]c(SCC(=O)Nc2ccccc2SCC#N)nc1Cc1ccccc1. The predicted molar refractivity (Wildman–Crippen MR) is 115 cm³/mol. The van der Waals surface area contributed by atoms with Crippen LogP contribution in [0.4, 0.5) is 5.69 Å². The van der Waals surface area contributed by atoms with Gasteiger partial charge in [-0.2, -0.15) is 5.26 Å². The van der Waals surface area contributed by atoms with Crippen molar-refractivity contribution in [1.82, 2.24) is 9.97 Å². The van der Waals surface area contributed by atoms with Crippen LogP contribution in [0.1, 0.15) is 17.0 Å². The number of H-pyrrole nitrogens is 1. The van der Waals surface area contributed by atoms with Crippen LogP contribution in [0, 0.1) is 18.3 Å². The Kier molecular flexibility index (Phi) is 7.18. The van der Waals surface area contributed by atoms with E-state index in [4.69, 9.17) is 5.26 Å². The Hall–Kier alpha value is -2.69. The lowest BCUT2D eigenvalue weighted by Crippen LogP contribution is -2.14. The van der Waals surface area contributed by atoms with Crippen molar-refractivity contribution < 1.29 is 4.79 Å². The third-order valence-electron chi connectivity index (χ3n) is 3.97. The number of hydrogen-bond donors (Lipinski definition) is 2. The molecule has 0 spiro atoms. The molecule has 1 aromatic heterocycles. The van der Waals surface area contributed by atoms with Crippen LogP contribution in [-0.2, 0) is 11.2 Å². The van der Waals surface area contributed by atoms with E-state index >= 15 is 0 Å². The highest BCUT2D eigenvalue weighted by atomic mass is 32.2. The molecule has 0 radical (unpaired) electrons. The molecule has 7 heteroatoms. The zero-order valence-corrected chi connectivity index (χ0v) is 17.1. The molecule has 0 aliphatic carbocycles. The minimum Gasteiger partial charge on any atom is -0.337 e. The van der Waals surface area contributed by atoms with Crippen LogP contribution in [0.2, 0.25) is 0 Å². The molecule has 142 valence electrons. The molecule has 0 bridgehead atoms. The van der Waals surface area contributed by atoms with Crippen LogP contribution in [0.25, 0.3) is 0 Å². The number of aromatic amines is 1. The Morgan fingerprint density at radius 3 is 2.68 bits per heavy atom. The lowest BCUT2D eigenvalue weighted by Gasteiger charge is -2.09. The first-order chi connectivity index (χ1) is 13.7. The Labute approximate surface area is 173 Å². The van der Waals surface area contributed by atoms with Crippen LogP contribution in [0.15, 0.2) is 64.6 Å². The van der Waals surface area contributed by atoms with Gasteiger partial charge in [-0.05, 0) is 24.6 Å². The smallest absolute Gasteiger partial charge is 0.234 e. The summed E-state index contributed by atoms with van der Waals surface area (Å²) < 4.78 is 0. The maximum absolute atomic E-state index is 12.3. The number of carbonyl (C=O) groups is 1. The number of amides is 1. The summed E-state index contributed by atoms with van der Waals surface area (Å²) >= 11 is 2.79. The fraction of sp³-hybridized carbons (Fsp3) is 0.190. The summed E-state index contributed by atoms with van der Waals surface area (Å²) in [5, 5.41) is 12.4. The van der Waals surface area contributed by atoms with Crippen molar-refractivity contribution in [3.05, 3.63) is 71.5 Å². The van der Waals surface area contributed by atoms with Gasteiger partial charge in [0.1, 0.15) is 0 Å². The summed E-state index contributed by atoms with van der Waals surface area (Å²) in [6.07, 6.45) is 0.763. The standard InChI is InChI=1S/C21H20N4OS2/c1-15-18(13-16-7-3-2-4-8-16)25-21(23-15)28-14-20(26)24-17-9-5-6-10-19(17)27-12-11-22/h2-10H,12-14H2,1H3,(H,23,25)(H,24,26). The minimum absolute atomic E-state index is 0.103. The molecule has 28 heavy (non-hydrogen) atoms. The van der Waals surface area contributed by atoms with E-state index in [9.17, 15) is 4.79 Å².